The Morgan fingerprint density at radius 1 is 0.500 bits per heavy atom. The fourth-order valence-corrected chi connectivity index (χ4v) is 6.74. The van der Waals surface area contributed by atoms with Crippen LogP contribution < -0.4 is 0 Å². The summed E-state index contributed by atoms with van der Waals surface area (Å²) in [7, 11) is 5.51. The number of carboxylic acid groups (broad SMARTS) is 1. The lowest BCUT2D eigenvalue weighted by Gasteiger charge is -2.31. The normalized spacial score (nSPS) is 13.6. The number of allylic oxidation sites excluding steroid dienone is 14. The molecule has 1 N–H and O–H groups in total. The van der Waals surface area contributed by atoms with Crippen molar-refractivity contribution >= 4 is 17.9 Å². The van der Waals surface area contributed by atoms with Gasteiger partial charge in [0.2, 0.25) is 0 Å². The summed E-state index contributed by atoms with van der Waals surface area (Å²) in [6.07, 6.45) is 57.7. The molecule has 8 heteroatoms. The molecule has 0 radical (unpaired) electrons. The topological polar surface area (TPSA) is 99.1 Å². The highest BCUT2D eigenvalue weighted by Crippen LogP contribution is 2.14. The van der Waals surface area contributed by atoms with Gasteiger partial charge in [-0.05, 0) is 89.9 Å². The lowest BCUT2D eigenvalue weighted by molar-refractivity contribution is -0.887. The minimum Gasteiger partial charge on any atom is -0.477 e. The van der Waals surface area contributed by atoms with Gasteiger partial charge >= 0.3 is 17.9 Å². The molecule has 0 heterocycles. The summed E-state index contributed by atoms with van der Waals surface area (Å²) >= 11 is 0. The van der Waals surface area contributed by atoms with Crippen LogP contribution in [0, 0.1) is 0 Å². The molecule has 0 bridgehead atoms. The minimum absolute atomic E-state index is 0.0419. The number of hydrogen-bond donors (Lipinski definition) is 1. The third-order valence-corrected chi connectivity index (χ3v) is 10.5. The molecule has 2 atom stereocenters. The average Bonchev–Trinajstić information content (AvgIpc) is 3.23. The summed E-state index contributed by atoms with van der Waals surface area (Å²) < 4.78 is 17.3. The predicted molar refractivity (Wildman–Crippen MR) is 261 cm³/mol. The van der Waals surface area contributed by atoms with E-state index in [9.17, 15) is 19.5 Å². The van der Waals surface area contributed by atoms with E-state index < -0.39 is 18.1 Å². The van der Waals surface area contributed by atoms with Gasteiger partial charge in [0.05, 0.1) is 34.4 Å². The largest absolute Gasteiger partial charge is 0.477 e. The highest BCUT2D eigenvalue weighted by atomic mass is 16.6. The van der Waals surface area contributed by atoms with Gasteiger partial charge in [0.1, 0.15) is 6.61 Å². The molecule has 0 aliphatic rings. The second kappa shape index (κ2) is 44.1. The Bertz CT molecular complexity index is 1290. The van der Waals surface area contributed by atoms with E-state index in [0.29, 0.717) is 12.8 Å². The number of ether oxygens (including phenoxy) is 3. The van der Waals surface area contributed by atoms with Gasteiger partial charge in [-0.3, -0.25) is 9.59 Å². The Balaban J connectivity index is 4.32. The first kappa shape index (κ1) is 58.5. The number of hydrogen-bond acceptors (Lipinski definition) is 6. The van der Waals surface area contributed by atoms with Gasteiger partial charge in [-0.2, -0.15) is 0 Å². The van der Waals surface area contributed by atoms with Crippen molar-refractivity contribution in [3.8, 4) is 0 Å². The number of unbranched alkanes of at least 4 members (excludes halogenated alkanes) is 15. The van der Waals surface area contributed by atoms with Crippen molar-refractivity contribution in [2.45, 2.75) is 199 Å². The highest BCUT2D eigenvalue weighted by Gasteiger charge is 2.31. The zero-order chi connectivity index (χ0) is 45.6. The van der Waals surface area contributed by atoms with Crippen molar-refractivity contribution in [3.63, 3.8) is 0 Å². The van der Waals surface area contributed by atoms with Gasteiger partial charge in [-0.15, -0.1) is 0 Å². The summed E-state index contributed by atoms with van der Waals surface area (Å²) in [6, 6.07) is -0.626. The molecule has 0 fully saturated rings. The second-order valence-electron chi connectivity index (χ2n) is 17.3. The first-order valence-corrected chi connectivity index (χ1v) is 24.6. The number of aliphatic carboxylic acids is 1. The Morgan fingerprint density at radius 3 is 1.35 bits per heavy atom. The monoisotopic (exact) mass is 867 g/mol. The molecule has 2 unspecified atom stereocenters. The van der Waals surface area contributed by atoms with Gasteiger partial charge in [0.15, 0.2) is 12.1 Å². The molecule has 0 saturated heterocycles. The average molecular weight is 867 g/mol. The molecule has 0 aliphatic heterocycles. The Morgan fingerprint density at radius 2 is 0.903 bits per heavy atom. The second-order valence-corrected chi connectivity index (χ2v) is 17.3. The lowest BCUT2D eigenvalue weighted by Crippen LogP contribution is -2.50. The Hall–Kier alpha value is -3.49. The molecule has 0 saturated carbocycles. The quantitative estimate of drug-likeness (QED) is 0.0282. The molecule has 0 aromatic heterocycles. The standard InChI is InChI=1S/C54H91NO7/c1-6-8-10-12-14-16-18-20-22-24-25-26-27-28-29-31-32-34-36-38-40-42-44-52(56)61-49-50(48-60-47-46-51(54(58)59)55(3,4)5)62-53(57)45-43-41-39-37-35-33-30-23-21-19-17-15-13-11-9-7-2/h9,11,14-17,20-23,25-26,33,35,50-51H,6-8,10,12-13,18-19,24,27-32,34,36-49H2,1-5H3/p+1/b11-9+,16-14+,17-15+,22-20+,23-21+,26-25+,35-33+. The van der Waals surface area contributed by atoms with Gasteiger partial charge in [-0.25, -0.2) is 4.79 Å². The van der Waals surface area contributed by atoms with E-state index in [1.807, 2.05) is 21.1 Å². The number of quaternary nitrogens is 1. The molecule has 354 valence electrons. The Labute approximate surface area is 380 Å². The van der Waals surface area contributed by atoms with Crippen LogP contribution in [0.2, 0.25) is 0 Å². The van der Waals surface area contributed by atoms with Crippen LogP contribution in [0.1, 0.15) is 187 Å². The molecule has 0 aromatic rings. The van der Waals surface area contributed by atoms with Crippen molar-refractivity contribution < 1.29 is 38.2 Å². The summed E-state index contributed by atoms with van der Waals surface area (Å²) in [5.41, 5.74) is 0. The molecule has 0 aromatic carbocycles. The minimum atomic E-state index is -0.884. The molecule has 0 amide bonds. The first-order chi connectivity index (χ1) is 30.1. The molecular formula is C54H92NO7+. The third-order valence-electron chi connectivity index (χ3n) is 10.5. The van der Waals surface area contributed by atoms with Crippen LogP contribution in [0.3, 0.4) is 0 Å². The number of nitrogens with zero attached hydrogens (tertiary/aromatic N) is 1. The zero-order valence-corrected chi connectivity index (χ0v) is 40.3. The summed E-state index contributed by atoms with van der Waals surface area (Å²) in [5, 5.41) is 9.64. The maximum Gasteiger partial charge on any atom is 0.362 e. The van der Waals surface area contributed by atoms with Crippen LogP contribution >= 0.6 is 0 Å². The van der Waals surface area contributed by atoms with E-state index in [-0.39, 0.29) is 42.7 Å². The maximum absolute atomic E-state index is 12.8. The number of rotatable bonds is 43. The van der Waals surface area contributed by atoms with Crippen LogP contribution in [0.4, 0.5) is 0 Å². The van der Waals surface area contributed by atoms with Crippen LogP contribution in [-0.4, -0.2) is 80.6 Å². The van der Waals surface area contributed by atoms with Gasteiger partial charge in [0, 0.05) is 19.3 Å². The lowest BCUT2D eigenvalue weighted by atomic mass is 10.1. The van der Waals surface area contributed by atoms with E-state index in [1.54, 1.807) is 0 Å². The third kappa shape index (κ3) is 41.8. The fraction of sp³-hybridized carbons (Fsp3) is 0.685. The van der Waals surface area contributed by atoms with Crippen LogP contribution in [-0.2, 0) is 28.6 Å². The number of esters is 2. The van der Waals surface area contributed by atoms with Gasteiger partial charge in [-0.1, -0.05) is 163 Å². The fourth-order valence-electron chi connectivity index (χ4n) is 6.74. The van der Waals surface area contributed by atoms with E-state index >= 15 is 0 Å². The molecule has 0 spiro atoms. The van der Waals surface area contributed by atoms with Gasteiger partial charge < -0.3 is 23.8 Å². The van der Waals surface area contributed by atoms with Crippen LogP contribution in [0.5, 0.6) is 0 Å². The van der Waals surface area contributed by atoms with Crippen molar-refractivity contribution in [1.82, 2.24) is 0 Å². The smallest absolute Gasteiger partial charge is 0.362 e. The summed E-state index contributed by atoms with van der Waals surface area (Å²) in [5.74, 6) is -1.52. The number of carboxylic acids is 1. The number of likely N-dealkylation sites (N-methyl/N-ethyl adjacent to an activating group) is 1. The van der Waals surface area contributed by atoms with E-state index in [4.69, 9.17) is 14.2 Å². The molecular weight excluding hydrogens is 775 g/mol. The van der Waals surface area contributed by atoms with Crippen molar-refractivity contribution in [1.29, 1.82) is 0 Å². The SMILES string of the molecule is CC/C=C/C/C=C/C/C=C/C/C=C/CCCCCC(=O)OC(COCCC(C(=O)O)[N+](C)(C)C)COC(=O)CCCCCCCCCCC/C=C/C/C=C/C/C=C/CCCCC. The molecule has 0 aliphatic carbocycles. The first-order valence-electron chi connectivity index (χ1n) is 24.6. The van der Waals surface area contributed by atoms with Crippen molar-refractivity contribution in [2.75, 3.05) is 41.0 Å². The molecule has 0 rings (SSSR count). The van der Waals surface area contributed by atoms with E-state index in [0.717, 1.165) is 89.9 Å². The van der Waals surface area contributed by atoms with Crippen molar-refractivity contribution in [2.24, 2.45) is 0 Å². The molecule has 8 nitrogen and oxygen atoms in total. The maximum atomic E-state index is 12.8. The van der Waals surface area contributed by atoms with Crippen LogP contribution in [0.15, 0.2) is 85.1 Å². The number of carbonyl (C=O) groups is 3. The summed E-state index contributed by atoms with van der Waals surface area (Å²) in [4.78, 5) is 37.1. The Kier molecular flexibility index (Phi) is 41.6. The van der Waals surface area contributed by atoms with Crippen molar-refractivity contribution in [3.05, 3.63) is 85.1 Å². The highest BCUT2D eigenvalue weighted by molar-refractivity contribution is 5.72. The number of carbonyl (C=O) groups excluding carboxylic acids is 2. The summed E-state index contributed by atoms with van der Waals surface area (Å²) in [6.45, 7) is 4.55. The van der Waals surface area contributed by atoms with Crippen LogP contribution in [0.25, 0.3) is 0 Å². The van der Waals surface area contributed by atoms with Gasteiger partial charge in [0.25, 0.3) is 0 Å². The predicted octanol–water partition coefficient (Wildman–Crippen LogP) is 14.1. The zero-order valence-electron chi connectivity index (χ0n) is 40.3. The molecule has 62 heavy (non-hydrogen) atoms. The van der Waals surface area contributed by atoms with E-state index in [1.165, 1.54) is 64.2 Å². The van der Waals surface area contributed by atoms with E-state index in [2.05, 4.69) is 98.9 Å².